The average molecular weight is 423 g/mol. The maximum Gasteiger partial charge on any atom is 0.267 e. The Hall–Kier alpha value is -2.72. The zero-order valence-electron chi connectivity index (χ0n) is 15.9. The van der Waals surface area contributed by atoms with Crippen molar-refractivity contribution in [2.75, 3.05) is 19.7 Å². The molecule has 1 aromatic carbocycles. The van der Waals surface area contributed by atoms with Crippen LogP contribution in [0.5, 0.6) is 11.5 Å². The van der Waals surface area contributed by atoms with E-state index in [1.165, 1.54) is 28.7 Å². The molecular formula is C19H22FN3O5S. The molecule has 3 rings (SSSR count). The molecule has 156 valence electrons. The molecule has 1 amide bonds. The van der Waals surface area contributed by atoms with Crippen molar-refractivity contribution in [3.05, 3.63) is 48.0 Å². The molecule has 1 atom stereocenters. The molecule has 8 nitrogen and oxygen atoms in total. The molecule has 0 spiro atoms. The third-order valence-electron chi connectivity index (χ3n) is 4.47. The van der Waals surface area contributed by atoms with E-state index in [0.717, 1.165) is 6.07 Å². The van der Waals surface area contributed by atoms with E-state index in [1.54, 1.807) is 13.0 Å². The molecule has 2 heterocycles. The summed E-state index contributed by atoms with van der Waals surface area (Å²) in [6.07, 6.45) is 2.19. The second kappa shape index (κ2) is 8.75. The van der Waals surface area contributed by atoms with Crippen molar-refractivity contribution < 1.29 is 27.1 Å². The van der Waals surface area contributed by atoms with Gasteiger partial charge in [-0.1, -0.05) is 0 Å². The fourth-order valence-electron chi connectivity index (χ4n) is 3.09. The zero-order chi connectivity index (χ0) is 21.0. The Labute approximate surface area is 168 Å². The molecule has 0 bridgehead atoms. The SMILES string of the molecule is CCOc1ccc(S(=O)(=O)N2CCCC(Oc3ccnc(C(N)=O)c3)C2)cc1F. The highest BCUT2D eigenvalue weighted by molar-refractivity contribution is 7.89. The lowest BCUT2D eigenvalue weighted by atomic mass is 10.1. The molecule has 2 N–H and O–H groups in total. The Balaban J connectivity index is 1.75. The van der Waals surface area contributed by atoms with Crippen LogP contribution in [0.15, 0.2) is 41.4 Å². The zero-order valence-corrected chi connectivity index (χ0v) is 16.7. The van der Waals surface area contributed by atoms with Crippen LogP contribution in [0.3, 0.4) is 0 Å². The fourth-order valence-corrected chi connectivity index (χ4v) is 4.62. The topological polar surface area (TPSA) is 112 Å². The van der Waals surface area contributed by atoms with Crippen LogP contribution in [-0.2, 0) is 10.0 Å². The number of ether oxygens (including phenoxy) is 2. The number of carbonyl (C=O) groups is 1. The van der Waals surface area contributed by atoms with E-state index >= 15 is 0 Å². The number of nitrogens with zero attached hydrogens (tertiary/aromatic N) is 2. The minimum absolute atomic E-state index is 0.00856. The van der Waals surface area contributed by atoms with Crippen molar-refractivity contribution in [1.29, 1.82) is 0 Å². The number of nitrogens with two attached hydrogens (primary N) is 1. The van der Waals surface area contributed by atoms with Crippen molar-refractivity contribution in [3.8, 4) is 11.5 Å². The number of carbonyl (C=O) groups excluding carboxylic acids is 1. The Morgan fingerprint density at radius 1 is 1.34 bits per heavy atom. The standard InChI is InChI=1S/C19H22FN3O5S/c1-2-27-18-6-5-15(11-16(18)20)29(25,26)23-9-3-4-14(12-23)28-13-7-8-22-17(10-13)19(21)24/h5-8,10-11,14H,2-4,9,12H2,1H3,(H2,21,24). The van der Waals surface area contributed by atoms with Gasteiger partial charge in [-0.3, -0.25) is 9.78 Å². The van der Waals surface area contributed by atoms with Gasteiger partial charge in [0.2, 0.25) is 10.0 Å². The minimum Gasteiger partial charge on any atom is -0.491 e. The highest BCUT2D eigenvalue weighted by atomic mass is 32.2. The van der Waals surface area contributed by atoms with Crippen molar-refractivity contribution >= 4 is 15.9 Å². The molecule has 29 heavy (non-hydrogen) atoms. The summed E-state index contributed by atoms with van der Waals surface area (Å²) >= 11 is 0. The summed E-state index contributed by atoms with van der Waals surface area (Å²) in [6.45, 7) is 2.40. The lowest BCUT2D eigenvalue weighted by Gasteiger charge is -2.32. The first-order chi connectivity index (χ1) is 13.8. The van der Waals surface area contributed by atoms with Gasteiger partial charge in [0.05, 0.1) is 18.0 Å². The number of amides is 1. The number of hydrogen-bond donors (Lipinski definition) is 1. The summed E-state index contributed by atoms with van der Waals surface area (Å²) in [5, 5.41) is 0. The summed E-state index contributed by atoms with van der Waals surface area (Å²) in [5.41, 5.74) is 5.28. The van der Waals surface area contributed by atoms with E-state index < -0.39 is 27.9 Å². The van der Waals surface area contributed by atoms with Crippen molar-refractivity contribution in [2.45, 2.75) is 30.8 Å². The van der Waals surface area contributed by atoms with Gasteiger partial charge in [0, 0.05) is 18.8 Å². The van der Waals surface area contributed by atoms with Crippen LogP contribution in [0, 0.1) is 5.82 Å². The number of rotatable bonds is 7. The van der Waals surface area contributed by atoms with Crippen LogP contribution in [0.25, 0.3) is 0 Å². The fraction of sp³-hybridized carbons (Fsp3) is 0.368. The predicted octanol–water partition coefficient (Wildman–Crippen LogP) is 1.95. The predicted molar refractivity (Wildman–Crippen MR) is 103 cm³/mol. The van der Waals surface area contributed by atoms with Gasteiger partial charge in [-0.25, -0.2) is 12.8 Å². The molecular weight excluding hydrogens is 401 g/mol. The quantitative estimate of drug-likeness (QED) is 0.729. The van der Waals surface area contributed by atoms with E-state index in [1.807, 2.05) is 0 Å². The van der Waals surface area contributed by atoms with Crippen LogP contribution in [0.1, 0.15) is 30.3 Å². The van der Waals surface area contributed by atoms with Crippen molar-refractivity contribution in [3.63, 3.8) is 0 Å². The molecule has 1 fully saturated rings. The van der Waals surface area contributed by atoms with Gasteiger partial charge in [0.25, 0.3) is 5.91 Å². The molecule has 2 aromatic rings. The van der Waals surface area contributed by atoms with Crippen molar-refractivity contribution in [1.82, 2.24) is 9.29 Å². The number of piperidine rings is 1. The monoisotopic (exact) mass is 423 g/mol. The van der Waals surface area contributed by atoms with Crippen LogP contribution in [0.4, 0.5) is 4.39 Å². The van der Waals surface area contributed by atoms with Gasteiger partial charge in [0.1, 0.15) is 17.5 Å². The number of aromatic nitrogens is 1. The summed E-state index contributed by atoms with van der Waals surface area (Å²) in [5.74, 6) is -1.02. The summed E-state index contributed by atoms with van der Waals surface area (Å²) in [7, 11) is -3.89. The first kappa shape index (κ1) is 21.0. The number of hydrogen-bond acceptors (Lipinski definition) is 6. The molecule has 1 saturated heterocycles. The first-order valence-electron chi connectivity index (χ1n) is 9.16. The van der Waals surface area contributed by atoms with E-state index in [2.05, 4.69) is 4.98 Å². The van der Waals surface area contributed by atoms with Gasteiger partial charge in [-0.05, 0) is 44.0 Å². The van der Waals surface area contributed by atoms with E-state index in [0.29, 0.717) is 25.1 Å². The lowest BCUT2D eigenvalue weighted by molar-refractivity contribution is 0.0993. The van der Waals surface area contributed by atoms with Crippen molar-refractivity contribution in [2.24, 2.45) is 5.73 Å². The van der Waals surface area contributed by atoms with E-state index in [4.69, 9.17) is 15.2 Å². The van der Waals surface area contributed by atoms with Gasteiger partial charge in [0.15, 0.2) is 11.6 Å². The maximum atomic E-state index is 14.1. The molecule has 1 aliphatic rings. The average Bonchev–Trinajstić information content (AvgIpc) is 2.70. The molecule has 1 unspecified atom stereocenters. The molecule has 1 aromatic heterocycles. The summed E-state index contributed by atoms with van der Waals surface area (Å²) in [4.78, 5) is 15.0. The van der Waals surface area contributed by atoms with Crippen LogP contribution < -0.4 is 15.2 Å². The third-order valence-corrected chi connectivity index (χ3v) is 6.33. The molecule has 0 saturated carbocycles. The Morgan fingerprint density at radius 3 is 2.83 bits per heavy atom. The number of primary amides is 1. The van der Waals surface area contributed by atoms with Gasteiger partial charge >= 0.3 is 0 Å². The second-order valence-corrected chi connectivity index (χ2v) is 8.45. The van der Waals surface area contributed by atoms with Gasteiger partial charge < -0.3 is 15.2 Å². The van der Waals surface area contributed by atoms with Gasteiger partial charge in [-0.15, -0.1) is 0 Å². The largest absolute Gasteiger partial charge is 0.491 e. The highest BCUT2D eigenvalue weighted by Gasteiger charge is 2.32. The number of benzene rings is 1. The highest BCUT2D eigenvalue weighted by Crippen LogP contribution is 2.27. The maximum absolute atomic E-state index is 14.1. The Kier molecular flexibility index (Phi) is 6.33. The molecule has 10 heteroatoms. The first-order valence-corrected chi connectivity index (χ1v) is 10.6. The Bertz CT molecular complexity index is 999. The third kappa shape index (κ3) is 4.83. The molecule has 1 aliphatic heterocycles. The van der Waals surface area contributed by atoms with Crippen LogP contribution in [0.2, 0.25) is 0 Å². The number of sulfonamides is 1. The number of halogens is 1. The smallest absolute Gasteiger partial charge is 0.267 e. The van der Waals surface area contributed by atoms with Gasteiger partial charge in [-0.2, -0.15) is 4.31 Å². The lowest BCUT2D eigenvalue weighted by Crippen LogP contribution is -2.44. The normalized spacial score (nSPS) is 17.7. The Morgan fingerprint density at radius 2 is 2.14 bits per heavy atom. The number of pyridine rings is 1. The minimum atomic E-state index is -3.89. The summed E-state index contributed by atoms with van der Waals surface area (Å²) < 4.78 is 52.2. The van der Waals surface area contributed by atoms with E-state index in [-0.39, 0.29) is 29.5 Å². The second-order valence-electron chi connectivity index (χ2n) is 6.51. The molecule has 0 aliphatic carbocycles. The summed E-state index contributed by atoms with van der Waals surface area (Å²) in [6, 6.07) is 6.59. The molecule has 0 radical (unpaired) electrons. The van der Waals surface area contributed by atoms with Crippen LogP contribution >= 0.6 is 0 Å². The van der Waals surface area contributed by atoms with E-state index in [9.17, 15) is 17.6 Å². The van der Waals surface area contributed by atoms with Crippen LogP contribution in [-0.4, -0.2) is 49.4 Å².